The summed E-state index contributed by atoms with van der Waals surface area (Å²) in [6.07, 6.45) is 44.0. The average Bonchev–Trinajstić information content (AvgIpc) is 3.08. The molecule has 290 valence electrons. The molecule has 0 saturated carbocycles. The van der Waals surface area contributed by atoms with Crippen molar-refractivity contribution in [1.82, 2.24) is 0 Å². The fraction of sp³-hybridized carbons (Fsp3) is 0.756. The molecule has 0 amide bonds. The van der Waals surface area contributed by atoms with Crippen molar-refractivity contribution in [3.8, 4) is 0 Å². The van der Waals surface area contributed by atoms with Crippen molar-refractivity contribution in [2.75, 3.05) is 13.2 Å². The molecular formula is C41H73O8P. The summed E-state index contributed by atoms with van der Waals surface area (Å²) >= 11 is 0. The summed E-state index contributed by atoms with van der Waals surface area (Å²) in [5.74, 6) is -0.933. The van der Waals surface area contributed by atoms with Gasteiger partial charge in [-0.1, -0.05) is 140 Å². The SMILES string of the molecule is CCCCC/C=C/C/C=C/C/C=C/CCCCC(=O)OC[C@H](COP(=O)(O)O)OC(=O)CCCCCCCCCCC/C=C/CCCCCC. The number of phosphoric ester groups is 1. The molecule has 0 aromatic carbocycles. The minimum Gasteiger partial charge on any atom is -0.462 e. The summed E-state index contributed by atoms with van der Waals surface area (Å²) in [6, 6.07) is 0. The van der Waals surface area contributed by atoms with Crippen molar-refractivity contribution in [1.29, 1.82) is 0 Å². The molecule has 9 heteroatoms. The number of phosphoric acid groups is 1. The highest BCUT2D eigenvalue weighted by atomic mass is 31.2. The molecule has 0 aliphatic rings. The largest absolute Gasteiger partial charge is 0.469 e. The Kier molecular flexibility index (Phi) is 35.3. The first-order valence-electron chi connectivity index (χ1n) is 19.9. The van der Waals surface area contributed by atoms with Gasteiger partial charge in [-0.3, -0.25) is 14.1 Å². The van der Waals surface area contributed by atoms with Crippen LogP contribution in [0.5, 0.6) is 0 Å². The van der Waals surface area contributed by atoms with E-state index in [1.807, 2.05) is 0 Å². The predicted molar refractivity (Wildman–Crippen MR) is 207 cm³/mol. The molecule has 0 aliphatic heterocycles. The van der Waals surface area contributed by atoms with Crippen LogP contribution in [0, 0.1) is 0 Å². The maximum atomic E-state index is 12.4. The molecule has 0 aromatic rings. The van der Waals surface area contributed by atoms with Crippen LogP contribution in [0.1, 0.15) is 181 Å². The van der Waals surface area contributed by atoms with Gasteiger partial charge in [0.25, 0.3) is 0 Å². The molecule has 0 radical (unpaired) electrons. The fourth-order valence-electron chi connectivity index (χ4n) is 5.31. The van der Waals surface area contributed by atoms with Gasteiger partial charge in [-0.05, 0) is 77.0 Å². The summed E-state index contributed by atoms with van der Waals surface area (Å²) in [5, 5.41) is 0. The Balaban J connectivity index is 4.00. The van der Waals surface area contributed by atoms with Gasteiger partial charge in [0.2, 0.25) is 0 Å². The Morgan fingerprint density at radius 1 is 0.520 bits per heavy atom. The third-order valence-electron chi connectivity index (χ3n) is 8.32. The molecule has 0 aliphatic carbocycles. The number of hydrogen-bond acceptors (Lipinski definition) is 6. The zero-order valence-electron chi connectivity index (χ0n) is 31.8. The summed E-state index contributed by atoms with van der Waals surface area (Å²) < 4.78 is 26.3. The summed E-state index contributed by atoms with van der Waals surface area (Å²) in [7, 11) is -4.76. The van der Waals surface area contributed by atoms with E-state index in [0.29, 0.717) is 12.8 Å². The van der Waals surface area contributed by atoms with Crippen LogP contribution < -0.4 is 0 Å². The second kappa shape index (κ2) is 36.8. The van der Waals surface area contributed by atoms with Crippen molar-refractivity contribution in [2.45, 2.75) is 187 Å². The van der Waals surface area contributed by atoms with Gasteiger partial charge in [0.1, 0.15) is 6.61 Å². The number of carbonyl (C=O) groups is 2. The Morgan fingerprint density at radius 3 is 1.44 bits per heavy atom. The van der Waals surface area contributed by atoms with Gasteiger partial charge in [0.05, 0.1) is 6.61 Å². The van der Waals surface area contributed by atoms with Crippen molar-refractivity contribution >= 4 is 19.8 Å². The van der Waals surface area contributed by atoms with Crippen LogP contribution in [0.15, 0.2) is 48.6 Å². The van der Waals surface area contributed by atoms with Crippen LogP contribution in [-0.2, 0) is 28.2 Å². The van der Waals surface area contributed by atoms with E-state index < -0.39 is 32.5 Å². The Labute approximate surface area is 305 Å². The molecule has 0 rings (SSSR count). The van der Waals surface area contributed by atoms with Crippen LogP contribution in [0.2, 0.25) is 0 Å². The zero-order valence-corrected chi connectivity index (χ0v) is 32.7. The minimum absolute atomic E-state index is 0.200. The molecule has 1 atom stereocenters. The lowest BCUT2D eigenvalue weighted by Crippen LogP contribution is -2.29. The molecule has 0 unspecified atom stereocenters. The van der Waals surface area contributed by atoms with Gasteiger partial charge in [-0.25, -0.2) is 4.57 Å². The second-order valence-electron chi connectivity index (χ2n) is 13.2. The van der Waals surface area contributed by atoms with Crippen molar-refractivity contribution in [3.63, 3.8) is 0 Å². The number of carbonyl (C=O) groups excluding carboxylic acids is 2. The molecule has 8 nitrogen and oxygen atoms in total. The van der Waals surface area contributed by atoms with E-state index in [1.165, 1.54) is 89.9 Å². The number of esters is 2. The topological polar surface area (TPSA) is 119 Å². The van der Waals surface area contributed by atoms with E-state index in [4.69, 9.17) is 19.3 Å². The standard InChI is InChI=1S/C41H73O8P/c1-3-5-7-9-11-13-15-17-19-20-22-24-26-28-30-32-34-36-41(43)49-39(38-48-50(44,45)46)37-47-40(42)35-33-31-29-27-25-23-21-18-16-14-12-10-8-6-4-2/h12-15,18,21,25,27,39H,3-11,16-17,19-20,22-24,26,28-38H2,1-2H3,(H2,44,45,46)/b14-12+,15-13+,21-18+,27-25+/t39-/m1/s1. The summed E-state index contributed by atoms with van der Waals surface area (Å²) in [5.41, 5.74) is 0. The number of ether oxygens (including phenoxy) is 2. The summed E-state index contributed by atoms with van der Waals surface area (Å²) in [4.78, 5) is 42.7. The lowest BCUT2D eigenvalue weighted by Gasteiger charge is -2.18. The highest BCUT2D eigenvalue weighted by Gasteiger charge is 2.22. The van der Waals surface area contributed by atoms with Crippen LogP contribution in [-0.4, -0.2) is 41.0 Å². The smallest absolute Gasteiger partial charge is 0.462 e. The van der Waals surface area contributed by atoms with E-state index in [-0.39, 0.29) is 19.4 Å². The Bertz CT molecular complexity index is 952. The third-order valence-corrected chi connectivity index (χ3v) is 8.81. The van der Waals surface area contributed by atoms with Gasteiger partial charge < -0.3 is 19.3 Å². The first-order valence-corrected chi connectivity index (χ1v) is 21.5. The quantitative estimate of drug-likeness (QED) is 0.0284. The fourth-order valence-corrected chi connectivity index (χ4v) is 5.67. The van der Waals surface area contributed by atoms with Crippen LogP contribution in [0.3, 0.4) is 0 Å². The number of rotatable bonds is 36. The maximum Gasteiger partial charge on any atom is 0.469 e. The first-order chi connectivity index (χ1) is 24.3. The van der Waals surface area contributed by atoms with E-state index in [9.17, 15) is 14.2 Å². The van der Waals surface area contributed by atoms with Crippen molar-refractivity contribution in [2.24, 2.45) is 0 Å². The molecule has 0 heterocycles. The van der Waals surface area contributed by atoms with Crippen LogP contribution in [0.4, 0.5) is 0 Å². The maximum absolute atomic E-state index is 12.4. The molecule has 0 spiro atoms. The zero-order chi connectivity index (χ0) is 36.8. The lowest BCUT2D eigenvalue weighted by atomic mass is 10.1. The average molecular weight is 725 g/mol. The molecule has 0 bridgehead atoms. The summed E-state index contributed by atoms with van der Waals surface area (Å²) in [6.45, 7) is 3.60. The van der Waals surface area contributed by atoms with E-state index in [2.05, 4.69) is 67.0 Å². The highest BCUT2D eigenvalue weighted by molar-refractivity contribution is 7.46. The normalized spacial score (nSPS) is 13.0. The van der Waals surface area contributed by atoms with Crippen LogP contribution in [0.25, 0.3) is 0 Å². The van der Waals surface area contributed by atoms with Gasteiger partial charge >= 0.3 is 19.8 Å². The predicted octanol–water partition coefficient (Wildman–Crippen LogP) is 12.0. The van der Waals surface area contributed by atoms with Gasteiger partial charge in [0.15, 0.2) is 6.10 Å². The first kappa shape index (κ1) is 48.0. The van der Waals surface area contributed by atoms with Gasteiger partial charge in [-0.15, -0.1) is 0 Å². The molecule has 2 N–H and O–H groups in total. The van der Waals surface area contributed by atoms with Crippen molar-refractivity contribution in [3.05, 3.63) is 48.6 Å². The van der Waals surface area contributed by atoms with E-state index >= 15 is 0 Å². The van der Waals surface area contributed by atoms with E-state index in [1.54, 1.807) is 0 Å². The number of unbranched alkanes of at least 4 members (excludes halogenated alkanes) is 18. The number of allylic oxidation sites excluding steroid dienone is 8. The minimum atomic E-state index is -4.76. The second-order valence-corrected chi connectivity index (χ2v) is 14.5. The molecule has 0 fully saturated rings. The van der Waals surface area contributed by atoms with E-state index in [0.717, 1.165) is 51.4 Å². The monoisotopic (exact) mass is 725 g/mol. The Hall–Kier alpha value is -1.99. The van der Waals surface area contributed by atoms with Gasteiger partial charge in [-0.2, -0.15) is 0 Å². The lowest BCUT2D eigenvalue weighted by molar-refractivity contribution is -0.161. The van der Waals surface area contributed by atoms with Gasteiger partial charge in [0, 0.05) is 12.8 Å². The third kappa shape index (κ3) is 38.8. The van der Waals surface area contributed by atoms with Crippen LogP contribution >= 0.6 is 7.82 Å². The molecule has 0 saturated heterocycles. The number of hydrogen-bond donors (Lipinski definition) is 2. The molecule has 0 aromatic heterocycles. The Morgan fingerprint density at radius 2 is 0.900 bits per heavy atom. The molecule has 50 heavy (non-hydrogen) atoms. The molecular weight excluding hydrogens is 651 g/mol. The van der Waals surface area contributed by atoms with Crippen molar-refractivity contribution < 1.29 is 37.9 Å². The highest BCUT2D eigenvalue weighted by Crippen LogP contribution is 2.36.